The number of aryl methyl sites for hydroxylation is 2. The highest BCUT2D eigenvalue weighted by Gasteiger charge is 2.09. The Bertz CT molecular complexity index is 1020. The zero-order valence-corrected chi connectivity index (χ0v) is 16.9. The van der Waals surface area contributed by atoms with Crippen LogP contribution in [0.4, 0.5) is 11.4 Å². The van der Waals surface area contributed by atoms with Crippen molar-refractivity contribution in [2.75, 3.05) is 17.2 Å². The van der Waals surface area contributed by atoms with E-state index >= 15 is 0 Å². The zero-order valence-electron chi connectivity index (χ0n) is 16.2. The highest BCUT2D eigenvalue weighted by molar-refractivity contribution is 6.30. The van der Waals surface area contributed by atoms with Crippen LogP contribution in [0.5, 0.6) is 5.75 Å². The monoisotopic (exact) mass is 408 g/mol. The van der Waals surface area contributed by atoms with Gasteiger partial charge in [-0.1, -0.05) is 29.3 Å². The molecule has 148 valence electrons. The number of carbonyl (C=O) groups excluding carboxylic acids is 2. The molecule has 0 heterocycles. The summed E-state index contributed by atoms with van der Waals surface area (Å²) in [5.74, 6) is 0.0104. The molecule has 0 fully saturated rings. The average molecular weight is 409 g/mol. The summed E-state index contributed by atoms with van der Waals surface area (Å²) in [5.41, 5.74) is 3.90. The summed E-state index contributed by atoms with van der Waals surface area (Å²) in [6.07, 6.45) is 0. The molecular weight excluding hydrogens is 388 g/mol. The van der Waals surface area contributed by atoms with E-state index in [-0.39, 0.29) is 18.4 Å². The van der Waals surface area contributed by atoms with Gasteiger partial charge in [-0.3, -0.25) is 9.59 Å². The number of hydrogen-bond acceptors (Lipinski definition) is 3. The van der Waals surface area contributed by atoms with Gasteiger partial charge >= 0.3 is 0 Å². The van der Waals surface area contributed by atoms with E-state index < -0.39 is 0 Å². The van der Waals surface area contributed by atoms with Gasteiger partial charge in [0.05, 0.1) is 0 Å². The molecule has 0 unspecified atom stereocenters. The van der Waals surface area contributed by atoms with E-state index in [1.165, 1.54) is 0 Å². The lowest BCUT2D eigenvalue weighted by atomic mass is 10.1. The van der Waals surface area contributed by atoms with Gasteiger partial charge in [0.15, 0.2) is 6.61 Å². The molecule has 2 amide bonds. The molecule has 0 bridgehead atoms. The fraction of sp³-hybridized carbons (Fsp3) is 0.130. The van der Waals surface area contributed by atoms with Gasteiger partial charge < -0.3 is 15.4 Å². The Balaban J connectivity index is 1.53. The molecule has 0 atom stereocenters. The van der Waals surface area contributed by atoms with Crippen molar-refractivity contribution in [3.8, 4) is 5.75 Å². The molecule has 6 heteroatoms. The second-order valence-electron chi connectivity index (χ2n) is 6.64. The number of amides is 2. The molecule has 0 aromatic heterocycles. The van der Waals surface area contributed by atoms with E-state index in [9.17, 15) is 9.59 Å². The van der Waals surface area contributed by atoms with Crippen molar-refractivity contribution in [1.29, 1.82) is 0 Å². The summed E-state index contributed by atoms with van der Waals surface area (Å²) in [6, 6.07) is 19.4. The topological polar surface area (TPSA) is 67.4 Å². The van der Waals surface area contributed by atoms with Gasteiger partial charge in [-0.05, 0) is 74.0 Å². The van der Waals surface area contributed by atoms with Crippen molar-refractivity contribution in [2.45, 2.75) is 13.8 Å². The molecule has 5 nitrogen and oxygen atoms in total. The lowest BCUT2D eigenvalue weighted by Gasteiger charge is -2.10. The van der Waals surface area contributed by atoms with E-state index in [0.29, 0.717) is 27.7 Å². The first-order valence-corrected chi connectivity index (χ1v) is 9.45. The van der Waals surface area contributed by atoms with Crippen LogP contribution in [0.2, 0.25) is 5.02 Å². The molecule has 0 aliphatic carbocycles. The minimum absolute atomic E-state index is 0.122. The minimum atomic E-state index is -0.256. The van der Waals surface area contributed by atoms with E-state index in [4.69, 9.17) is 16.3 Å². The smallest absolute Gasteiger partial charge is 0.262 e. The van der Waals surface area contributed by atoms with Crippen molar-refractivity contribution in [3.05, 3.63) is 88.4 Å². The molecule has 0 aliphatic heterocycles. The van der Waals surface area contributed by atoms with E-state index in [0.717, 1.165) is 11.1 Å². The van der Waals surface area contributed by atoms with Gasteiger partial charge in [-0.25, -0.2) is 0 Å². The third kappa shape index (κ3) is 5.83. The Morgan fingerprint density at radius 2 is 1.59 bits per heavy atom. The van der Waals surface area contributed by atoms with E-state index in [1.54, 1.807) is 42.5 Å². The first-order valence-electron chi connectivity index (χ1n) is 9.07. The Kier molecular flexibility index (Phi) is 6.52. The molecular formula is C23H21ClN2O3. The third-order valence-corrected chi connectivity index (χ3v) is 4.49. The maximum Gasteiger partial charge on any atom is 0.262 e. The molecule has 3 rings (SSSR count). The SMILES string of the molecule is Cc1ccc(NC(=O)COc2ccc(C(=O)Nc3ccc(Cl)cc3C)cc2)cc1. The number of nitrogens with one attached hydrogen (secondary N) is 2. The number of halogens is 1. The highest BCUT2D eigenvalue weighted by atomic mass is 35.5. The number of ether oxygens (including phenoxy) is 1. The molecule has 3 aromatic carbocycles. The average Bonchev–Trinajstić information content (AvgIpc) is 2.70. The first-order chi connectivity index (χ1) is 13.9. The van der Waals surface area contributed by atoms with E-state index in [2.05, 4.69) is 10.6 Å². The second-order valence-corrected chi connectivity index (χ2v) is 7.08. The lowest BCUT2D eigenvalue weighted by molar-refractivity contribution is -0.118. The van der Waals surface area contributed by atoms with Crippen molar-refractivity contribution in [3.63, 3.8) is 0 Å². The number of hydrogen-bond donors (Lipinski definition) is 2. The molecule has 0 saturated carbocycles. The highest BCUT2D eigenvalue weighted by Crippen LogP contribution is 2.21. The Morgan fingerprint density at radius 3 is 2.24 bits per heavy atom. The van der Waals surface area contributed by atoms with Crippen LogP contribution >= 0.6 is 11.6 Å². The molecule has 29 heavy (non-hydrogen) atoms. The molecule has 0 radical (unpaired) electrons. The van der Waals surface area contributed by atoms with Gasteiger partial charge in [-0.15, -0.1) is 0 Å². The summed E-state index contributed by atoms with van der Waals surface area (Å²) in [5, 5.41) is 6.24. The maximum absolute atomic E-state index is 12.4. The van der Waals surface area contributed by atoms with Crippen LogP contribution in [0.3, 0.4) is 0 Å². The molecule has 0 saturated heterocycles. The Hall–Kier alpha value is -3.31. The minimum Gasteiger partial charge on any atom is -0.484 e. The van der Waals surface area contributed by atoms with Crippen molar-refractivity contribution in [2.24, 2.45) is 0 Å². The fourth-order valence-corrected chi connectivity index (χ4v) is 2.87. The summed E-state index contributed by atoms with van der Waals surface area (Å²) in [4.78, 5) is 24.4. The largest absolute Gasteiger partial charge is 0.484 e. The summed E-state index contributed by atoms with van der Waals surface area (Å²) in [6.45, 7) is 3.73. The Labute approximate surface area is 174 Å². The van der Waals surface area contributed by atoms with Gasteiger partial charge in [-0.2, -0.15) is 0 Å². The number of carbonyl (C=O) groups is 2. The summed E-state index contributed by atoms with van der Waals surface area (Å²) >= 11 is 5.94. The summed E-state index contributed by atoms with van der Waals surface area (Å²) < 4.78 is 5.49. The van der Waals surface area contributed by atoms with Crippen molar-refractivity contribution in [1.82, 2.24) is 0 Å². The van der Waals surface area contributed by atoms with Crippen LogP contribution in [0.25, 0.3) is 0 Å². The van der Waals surface area contributed by atoms with Crippen LogP contribution in [0.1, 0.15) is 21.5 Å². The standard InChI is InChI=1S/C23H21ClN2O3/c1-15-3-8-19(9-4-15)25-22(27)14-29-20-10-5-17(6-11-20)23(28)26-21-12-7-18(24)13-16(21)2/h3-13H,14H2,1-2H3,(H,25,27)(H,26,28). The van der Waals surface area contributed by atoms with Gasteiger partial charge in [0.2, 0.25) is 0 Å². The van der Waals surface area contributed by atoms with E-state index in [1.807, 2.05) is 38.1 Å². The van der Waals surface area contributed by atoms with Crippen LogP contribution in [0, 0.1) is 13.8 Å². The quantitative estimate of drug-likeness (QED) is 0.587. The fourth-order valence-electron chi connectivity index (χ4n) is 2.65. The normalized spacial score (nSPS) is 10.3. The molecule has 0 aliphatic rings. The van der Waals surface area contributed by atoms with Crippen LogP contribution in [0.15, 0.2) is 66.7 Å². The molecule has 2 N–H and O–H groups in total. The van der Waals surface area contributed by atoms with Gasteiger partial charge in [0.25, 0.3) is 11.8 Å². The van der Waals surface area contributed by atoms with Crippen LogP contribution in [-0.4, -0.2) is 18.4 Å². The third-order valence-electron chi connectivity index (χ3n) is 4.26. The number of benzene rings is 3. The predicted molar refractivity (Wildman–Crippen MR) is 116 cm³/mol. The van der Waals surface area contributed by atoms with Crippen molar-refractivity contribution >= 4 is 34.8 Å². The van der Waals surface area contributed by atoms with Gasteiger partial charge in [0.1, 0.15) is 5.75 Å². The number of rotatable bonds is 6. The van der Waals surface area contributed by atoms with Crippen LogP contribution in [-0.2, 0) is 4.79 Å². The number of anilines is 2. The van der Waals surface area contributed by atoms with Crippen LogP contribution < -0.4 is 15.4 Å². The molecule has 3 aromatic rings. The summed E-state index contributed by atoms with van der Waals surface area (Å²) in [7, 11) is 0. The zero-order chi connectivity index (χ0) is 20.8. The molecule has 0 spiro atoms. The van der Waals surface area contributed by atoms with Crippen molar-refractivity contribution < 1.29 is 14.3 Å². The second kappa shape index (κ2) is 9.26. The predicted octanol–water partition coefficient (Wildman–Crippen LogP) is 5.23. The first kappa shape index (κ1) is 20.4. The Morgan fingerprint density at radius 1 is 0.897 bits per heavy atom. The van der Waals surface area contributed by atoms with Gasteiger partial charge in [0, 0.05) is 22.0 Å². The maximum atomic E-state index is 12.4. The lowest BCUT2D eigenvalue weighted by Crippen LogP contribution is -2.20.